The number of nitrogens with two attached hydrogens (primary N) is 1. The predicted molar refractivity (Wildman–Crippen MR) is 36.3 cm³/mol. The highest BCUT2D eigenvalue weighted by Crippen LogP contribution is 1.62. The molecule has 0 bridgehead atoms. The fourth-order valence-electron chi connectivity index (χ4n) is 0.211. The first-order valence-corrected chi connectivity index (χ1v) is 3.50. The number of hydrogen-bond donors (Lipinski definition) is 3. The molecule has 0 aliphatic carbocycles. The van der Waals surface area contributed by atoms with Crippen LogP contribution in [0.15, 0.2) is 5.10 Å². The van der Waals surface area contributed by atoms with E-state index in [-0.39, 0.29) is 0 Å². The highest BCUT2D eigenvalue weighted by molar-refractivity contribution is 7.93. The van der Waals surface area contributed by atoms with Gasteiger partial charge in [0.15, 0.2) is 11.1 Å². The van der Waals surface area contributed by atoms with Crippen LogP contribution in [-0.4, -0.2) is 27.4 Å². The van der Waals surface area contributed by atoms with Gasteiger partial charge in [-0.15, -0.1) is 0 Å². The van der Waals surface area contributed by atoms with E-state index in [0.717, 1.165) is 5.55 Å². The summed E-state index contributed by atoms with van der Waals surface area (Å²) < 4.78 is 18.0. The lowest BCUT2D eigenvalue weighted by molar-refractivity contribution is 0.577. The first-order chi connectivity index (χ1) is 4.27. The van der Waals surface area contributed by atoms with Gasteiger partial charge in [-0.2, -0.15) is 5.10 Å². The summed E-state index contributed by atoms with van der Waals surface area (Å²) in [6.07, 6.45) is 0. The zero-order chi connectivity index (χ0) is 7.11. The highest BCUT2D eigenvalue weighted by atomic mass is 32.2. The topological polar surface area (TPSA) is 87.7 Å². The Hall–Kier alpha value is -0.460. The average Bonchev–Trinajstić information content (AvgIpc) is 1.80. The summed E-state index contributed by atoms with van der Waals surface area (Å²) in [6, 6.07) is 0. The smallest absolute Gasteiger partial charge is 0.199 e. The van der Waals surface area contributed by atoms with Crippen LogP contribution >= 0.6 is 0 Å². The molecule has 0 heterocycles. The summed E-state index contributed by atoms with van der Waals surface area (Å²) in [5.74, 6) is 0. The van der Waals surface area contributed by atoms with Crippen molar-refractivity contribution in [1.82, 2.24) is 5.43 Å². The van der Waals surface area contributed by atoms with Crippen LogP contribution in [0, 0.1) is 0 Å². The van der Waals surface area contributed by atoms with Gasteiger partial charge in [0.1, 0.15) is 5.55 Å². The van der Waals surface area contributed by atoms with E-state index < -0.39 is 11.1 Å². The van der Waals surface area contributed by atoms with Gasteiger partial charge in [-0.1, -0.05) is 0 Å². The molecule has 0 saturated carbocycles. The molecule has 0 aliphatic rings. The van der Waals surface area contributed by atoms with Crippen LogP contribution in [0.4, 0.5) is 0 Å². The molecular weight excluding hydrogens is 142 g/mol. The Morgan fingerprint density at radius 2 is 2.56 bits per heavy atom. The number of hydrazone groups is 1. The summed E-state index contributed by atoms with van der Waals surface area (Å²) in [5, 5.41) is 3.36. The Morgan fingerprint density at radius 1 is 1.89 bits per heavy atom. The lowest BCUT2D eigenvalue weighted by atomic mass is 10.7. The Morgan fingerprint density at radius 3 is 3.00 bits per heavy atom. The molecule has 0 amide bonds. The van der Waals surface area contributed by atoms with Crippen LogP contribution in [0.25, 0.3) is 0 Å². The van der Waals surface area contributed by atoms with Gasteiger partial charge in [0.25, 0.3) is 0 Å². The molecule has 0 aliphatic heterocycles. The summed E-state index contributed by atoms with van der Waals surface area (Å²) in [4.78, 5) is 0. The van der Waals surface area contributed by atoms with E-state index in [2.05, 4.69) is 10.5 Å². The van der Waals surface area contributed by atoms with E-state index in [1.807, 2.05) is 0 Å². The van der Waals surface area contributed by atoms with Crippen molar-refractivity contribution < 1.29 is 8.76 Å². The van der Waals surface area contributed by atoms with Crippen molar-refractivity contribution in [2.24, 2.45) is 10.8 Å². The highest BCUT2D eigenvalue weighted by Gasteiger charge is 1.79. The summed E-state index contributed by atoms with van der Waals surface area (Å²) in [7, 11) is 0. The number of nitrogens with zero attached hydrogens (tertiary/aromatic N) is 1. The van der Waals surface area contributed by atoms with Crippen LogP contribution in [0.2, 0.25) is 0 Å². The summed E-state index contributed by atoms with van der Waals surface area (Å²) >= 11 is -1.96. The molecule has 0 aromatic rings. The molecule has 1 unspecified atom stereocenters. The molecule has 0 fully saturated rings. The van der Waals surface area contributed by atoms with Gasteiger partial charge in [0.05, 0.1) is 0 Å². The standard InChI is InChI=1S/C3H9N3O2S/c4-1-2-5-6-3-9(7)8/h3,5H,1-2,4H2,(H,7,8)/b6-3+. The quantitative estimate of drug-likeness (QED) is 0.153. The molecule has 0 spiro atoms. The van der Waals surface area contributed by atoms with Crippen LogP contribution in [0.5, 0.6) is 0 Å². The first-order valence-electron chi connectivity index (χ1n) is 2.33. The maximum atomic E-state index is 9.85. The zero-order valence-electron chi connectivity index (χ0n) is 4.78. The van der Waals surface area contributed by atoms with Crippen LogP contribution in [0.3, 0.4) is 0 Å². The van der Waals surface area contributed by atoms with Crippen molar-refractivity contribution >= 4 is 16.6 Å². The number of hydrogen-bond acceptors (Lipinski definition) is 4. The molecule has 54 valence electrons. The lowest BCUT2D eigenvalue weighted by Crippen LogP contribution is -2.17. The van der Waals surface area contributed by atoms with Crippen molar-refractivity contribution in [3.05, 3.63) is 0 Å². The fraction of sp³-hybridized carbons (Fsp3) is 0.667. The monoisotopic (exact) mass is 151 g/mol. The molecular formula is C3H9N3O2S. The van der Waals surface area contributed by atoms with Crippen molar-refractivity contribution in [2.75, 3.05) is 13.1 Å². The molecule has 5 nitrogen and oxygen atoms in total. The normalized spacial score (nSPS) is 14.0. The molecule has 0 saturated heterocycles. The van der Waals surface area contributed by atoms with E-state index in [1.54, 1.807) is 0 Å². The van der Waals surface area contributed by atoms with Crippen LogP contribution in [0.1, 0.15) is 0 Å². The minimum absolute atomic E-state index is 0.454. The van der Waals surface area contributed by atoms with Gasteiger partial charge in [-0.05, 0) is 0 Å². The van der Waals surface area contributed by atoms with E-state index in [1.165, 1.54) is 0 Å². The van der Waals surface area contributed by atoms with Gasteiger partial charge in [-0.25, -0.2) is 4.21 Å². The molecule has 0 rings (SSSR count). The van der Waals surface area contributed by atoms with E-state index in [9.17, 15) is 4.21 Å². The second-order valence-electron chi connectivity index (χ2n) is 1.21. The minimum atomic E-state index is -1.96. The van der Waals surface area contributed by atoms with Gasteiger partial charge >= 0.3 is 0 Å². The summed E-state index contributed by atoms with van der Waals surface area (Å²) in [6.45, 7) is 0.961. The predicted octanol–water partition coefficient (Wildman–Crippen LogP) is -1.30. The SMILES string of the molecule is NCCN/N=C/S(=O)O. The van der Waals surface area contributed by atoms with Crippen molar-refractivity contribution in [3.63, 3.8) is 0 Å². The van der Waals surface area contributed by atoms with Crippen molar-refractivity contribution in [1.29, 1.82) is 0 Å². The Bertz CT molecular complexity index is 116. The van der Waals surface area contributed by atoms with Crippen molar-refractivity contribution in [3.8, 4) is 0 Å². The third kappa shape index (κ3) is 7.54. The van der Waals surface area contributed by atoms with Gasteiger partial charge in [0.2, 0.25) is 0 Å². The minimum Gasteiger partial charge on any atom is -0.329 e. The van der Waals surface area contributed by atoms with E-state index in [4.69, 9.17) is 10.3 Å². The average molecular weight is 151 g/mol. The molecule has 6 heteroatoms. The van der Waals surface area contributed by atoms with Gasteiger partial charge < -0.3 is 15.7 Å². The Labute approximate surface area is 55.6 Å². The Balaban J connectivity index is 3.15. The molecule has 0 aromatic heterocycles. The Kier molecular flexibility index (Phi) is 5.38. The second-order valence-corrected chi connectivity index (χ2v) is 1.97. The maximum Gasteiger partial charge on any atom is 0.199 e. The number of rotatable bonds is 4. The molecule has 1 atom stereocenters. The molecule has 0 aromatic carbocycles. The van der Waals surface area contributed by atoms with Crippen molar-refractivity contribution in [2.45, 2.75) is 0 Å². The number of nitrogens with one attached hydrogen (secondary N) is 1. The van der Waals surface area contributed by atoms with E-state index >= 15 is 0 Å². The fourth-order valence-corrected chi connectivity index (χ4v) is 0.376. The molecule has 0 radical (unpaired) electrons. The lowest BCUT2D eigenvalue weighted by Gasteiger charge is -1.91. The van der Waals surface area contributed by atoms with Crippen LogP contribution in [-0.2, 0) is 11.1 Å². The first kappa shape index (κ1) is 8.54. The van der Waals surface area contributed by atoms with Gasteiger partial charge in [-0.3, -0.25) is 0 Å². The molecule has 9 heavy (non-hydrogen) atoms. The third-order valence-corrected chi connectivity index (χ3v) is 0.776. The van der Waals surface area contributed by atoms with Crippen LogP contribution < -0.4 is 11.2 Å². The zero-order valence-corrected chi connectivity index (χ0v) is 5.60. The summed E-state index contributed by atoms with van der Waals surface area (Å²) in [5.41, 5.74) is 8.41. The van der Waals surface area contributed by atoms with Gasteiger partial charge in [0, 0.05) is 13.1 Å². The van der Waals surface area contributed by atoms with E-state index in [0.29, 0.717) is 13.1 Å². The second kappa shape index (κ2) is 5.67. The maximum absolute atomic E-state index is 9.85. The third-order valence-electron chi connectivity index (χ3n) is 0.490. The largest absolute Gasteiger partial charge is 0.329 e. The molecule has 4 N–H and O–H groups in total.